The standard InChI is InChI=1S/C21H21F2NO3/c22-17-8-9-19(18(23)15-17)27-21(20(25)26)10-13-24(14-11-21)12-4-7-16-5-2-1-3-6-16/h1-9,15H,10-14H2,(H,25,26). The predicted molar refractivity (Wildman–Crippen MR) is 98.5 cm³/mol. The Balaban J connectivity index is 1.61. The molecular weight excluding hydrogens is 352 g/mol. The van der Waals surface area contributed by atoms with Crippen LogP contribution in [0.3, 0.4) is 0 Å². The third-order valence-electron chi connectivity index (χ3n) is 4.73. The lowest BCUT2D eigenvalue weighted by Crippen LogP contribution is -2.53. The first kappa shape index (κ1) is 19.0. The fraction of sp³-hybridized carbons (Fsp3) is 0.286. The maximum Gasteiger partial charge on any atom is 0.348 e. The van der Waals surface area contributed by atoms with E-state index < -0.39 is 23.2 Å². The molecule has 2 aromatic carbocycles. The van der Waals surface area contributed by atoms with Crippen LogP contribution in [0.25, 0.3) is 6.08 Å². The summed E-state index contributed by atoms with van der Waals surface area (Å²) in [7, 11) is 0. The van der Waals surface area contributed by atoms with E-state index in [2.05, 4.69) is 4.90 Å². The molecule has 1 saturated heterocycles. The van der Waals surface area contributed by atoms with Gasteiger partial charge in [0.25, 0.3) is 0 Å². The lowest BCUT2D eigenvalue weighted by atomic mass is 9.91. The van der Waals surface area contributed by atoms with Crippen LogP contribution in [0, 0.1) is 11.6 Å². The summed E-state index contributed by atoms with van der Waals surface area (Å²) in [5.41, 5.74) is -0.400. The predicted octanol–water partition coefficient (Wildman–Crippen LogP) is 3.98. The largest absolute Gasteiger partial charge is 0.478 e. The Kier molecular flexibility index (Phi) is 5.86. The van der Waals surface area contributed by atoms with Crippen LogP contribution in [0.15, 0.2) is 54.6 Å². The number of ether oxygens (including phenoxy) is 1. The number of benzene rings is 2. The molecule has 1 heterocycles. The average Bonchev–Trinajstić information content (AvgIpc) is 2.66. The highest BCUT2D eigenvalue weighted by molar-refractivity contribution is 5.78. The summed E-state index contributed by atoms with van der Waals surface area (Å²) in [6, 6.07) is 12.8. The van der Waals surface area contributed by atoms with Crippen LogP contribution in [0.5, 0.6) is 5.75 Å². The molecule has 0 atom stereocenters. The number of hydrogen-bond acceptors (Lipinski definition) is 3. The van der Waals surface area contributed by atoms with E-state index in [1.54, 1.807) is 0 Å². The van der Waals surface area contributed by atoms with Crippen LogP contribution in [-0.2, 0) is 4.79 Å². The fourth-order valence-corrected chi connectivity index (χ4v) is 3.13. The Morgan fingerprint density at radius 3 is 2.48 bits per heavy atom. The maximum absolute atomic E-state index is 13.9. The fourth-order valence-electron chi connectivity index (χ4n) is 3.13. The van der Waals surface area contributed by atoms with Gasteiger partial charge in [-0.15, -0.1) is 0 Å². The van der Waals surface area contributed by atoms with Gasteiger partial charge in [0.05, 0.1) is 0 Å². The molecule has 0 unspecified atom stereocenters. The summed E-state index contributed by atoms with van der Waals surface area (Å²) in [5, 5.41) is 9.65. The molecular formula is C21H21F2NO3. The Morgan fingerprint density at radius 1 is 1.15 bits per heavy atom. The number of nitrogens with zero attached hydrogens (tertiary/aromatic N) is 1. The van der Waals surface area contributed by atoms with E-state index in [4.69, 9.17) is 4.74 Å². The monoisotopic (exact) mass is 373 g/mol. The minimum absolute atomic E-state index is 0.221. The second-order valence-corrected chi connectivity index (χ2v) is 6.59. The molecule has 1 aliphatic heterocycles. The first-order valence-electron chi connectivity index (χ1n) is 8.80. The summed E-state index contributed by atoms with van der Waals surface area (Å²) in [6.45, 7) is 1.71. The van der Waals surface area contributed by atoms with E-state index in [0.29, 0.717) is 25.7 Å². The molecule has 0 saturated carbocycles. The third kappa shape index (κ3) is 4.71. The van der Waals surface area contributed by atoms with Crippen LogP contribution < -0.4 is 4.74 Å². The maximum atomic E-state index is 13.9. The first-order chi connectivity index (χ1) is 13.0. The summed E-state index contributed by atoms with van der Waals surface area (Å²) < 4.78 is 32.4. The number of hydrogen-bond donors (Lipinski definition) is 1. The first-order valence-corrected chi connectivity index (χ1v) is 8.80. The summed E-state index contributed by atoms with van der Waals surface area (Å²) in [5.74, 6) is -3.00. The Morgan fingerprint density at radius 2 is 1.85 bits per heavy atom. The van der Waals surface area contributed by atoms with Crippen molar-refractivity contribution in [2.75, 3.05) is 19.6 Å². The Hall–Kier alpha value is -2.73. The van der Waals surface area contributed by atoms with Crippen molar-refractivity contribution in [1.82, 2.24) is 4.90 Å². The number of halogens is 2. The lowest BCUT2D eigenvalue weighted by Gasteiger charge is -2.38. The van der Waals surface area contributed by atoms with Gasteiger partial charge >= 0.3 is 5.97 Å². The molecule has 6 heteroatoms. The zero-order valence-corrected chi connectivity index (χ0v) is 14.8. The van der Waals surface area contributed by atoms with Gasteiger partial charge in [-0.1, -0.05) is 42.5 Å². The van der Waals surface area contributed by atoms with Crippen molar-refractivity contribution in [3.63, 3.8) is 0 Å². The highest BCUT2D eigenvalue weighted by atomic mass is 19.1. The van der Waals surface area contributed by atoms with Crippen molar-refractivity contribution < 1.29 is 23.4 Å². The van der Waals surface area contributed by atoms with Gasteiger partial charge in [0.15, 0.2) is 11.6 Å². The van der Waals surface area contributed by atoms with Crippen molar-refractivity contribution in [1.29, 1.82) is 0 Å². The number of carbonyl (C=O) groups is 1. The molecule has 2 aromatic rings. The second-order valence-electron chi connectivity index (χ2n) is 6.59. The highest BCUT2D eigenvalue weighted by Gasteiger charge is 2.44. The van der Waals surface area contributed by atoms with Crippen LogP contribution in [0.1, 0.15) is 18.4 Å². The van der Waals surface area contributed by atoms with Crippen LogP contribution in [0.4, 0.5) is 8.78 Å². The Labute approximate surface area is 156 Å². The van der Waals surface area contributed by atoms with Gasteiger partial charge in [-0.05, 0) is 17.7 Å². The molecule has 1 N–H and O–H groups in total. The van der Waals surface area contributed by atoms with Gasteiger partial charge in [-0.25, -0.2) is 13.6 Å². The minimum atomic E-state index is -1.50. The summed E-state index contributed by atoms with van der Waals surface area (Å²) in [4.78, 5) is 13.9. The molecule has 0 radical (unpaired) electrons. The molecule has 0 spiro atoms. The van der Waals surface area contributed by atoms with Crippen LogP contribution >= 0.6 is 0 Å². The Bertz CT molecular complexity index is 815. The van der Waals surface area contributed by atoms with E-state index in [1.165, 1.54) is 0 Å². The number of rotatable bonds is 6. The van der Waals surface area contributed by atoms with Gasteiger partial charge in [0, 0.05) is 38.5 Å². The molecule has 142 valence electrons. The molecule has 1 aliphatic rings. The number of likely N-dealkylation sites (tertiary alicyclic amines) is 1. The number of carboxylic acids is 1. The van der Waals surface area contributed by atoms with E-state index in [0.717, 1.165) is 17.7 Å². The topological polar surface area (TPSA) is 49.8 Å². The van der Waals surface area contributed by atoms with Gasteiger partial charge in [-0.2, -0.15) is 0 Å². The van der Waals surface area contributed by atoms with Gasteiger partial charge in [0.1, 0.15) is 5.82 Å². The summed E-state index contributed by atoms with van der Waals surface area (Å²) >= 11 is 0. The van der Waals surface area contributed by atoms with E-state index in [1.807, 2.05) is 42.5 Å². The highest BCUT2D eigenvalue weighted by Crippen LogP contribution is 2.31. The van der Waals surface area contributed by atoms with Crippen molar-refractivity contribution >= 4 is 12.0 Å². The average molecular weight is 373 g/mol. The SMILES string of the molecule is O=C(O)C1(Oc2ccc(F)cc2F)CCN(CC=Cc2ccccc2)CC1. The van der Waals surface area contributed by atoms with E-state index >= 15 is 0 Å². The minimum Gasteiger partial charge on any atom is -0.478 e. The van der Waals surface area contributed by atoms with E-state index in [9.17, 15) is 18.7 Å². The van der Waals surface area contributed by atoms with Crippen molar-refractivity contribution in [2.45, 2.75) is 18.4 Å². The molecule has 0 amide bonds. The molecule has 3 rings (SSSR count). The van der Waals surface area contributed by atoms with Crippen LogP contribution in [-0.4, -0.2) is 41.2 Å². The molecule has 0 aliphatic carbocycles. The zero-order valence-electron chi connectivity index (χ0n) is 14.8. The van der Waals surface area contributed by atoms with Gasteiger partial charge < -0.3 is 9.84 Å². The second kappa shape index (κ2) is 8.31. The third-order valence-corrected chi connectivity index (χ3v) is 4.73. The van der Waals surface area contributed by atoms with Crippen LogP contribution in [0.2, 0.25) is 0 Å². The molecule has 4 nitrogen and oxygen atoms in total. The van der Waals surface area contributed by atoms with E-state index in [-0.39, 0.29) is 18.6 Å². The quantitative estimate of drug-likeness (QED) is 0.832. The molecule has 1 fully saturated rings. The van der Waals surface area contributed by atoms with Crippen molar-refractivity contribution in [2.24, 2.45) is 0 Å². The van der Waals surface area contributed by atoms with Crippen molar-refractivity contribution in [3.05, 3.63) is 71.8 Å². The normalized spacial score (nSPS) is 17.1. The number of aliphatic carboxylic acids is 1. The van der Waals surface area contributed by atoms with Gasteiger partial charge in [-0.3, -0.25) is 4.90 Å². The smallest absolute Gasteiger partial charge is 0.348 e. The number of piperidine rings is 1. The lowest BCUT2D eigenvalue weighted by molar-refractivity contribution is -0.159. The molecule has 0 aromatic heterocycles. The van der Waals surface area contributed by atoms with Gasteiger partial charge in [0.2, 0.25) is 5.60 Å². The van der Waals surface area contributed by atoms with Crippen molar-refractivity contribution in [3.8, 4) is 5.75 Å². The zero-order chi connectivity index (χ0) is 19.3. The summed E-state index contributed by atoms with van der Waals surface area (Å²) in [6.07, 6.45) is 4.49. The molecule has 27 heavy (non-hydrogen) atoms. The number of carboxylic acid groups (broad SMARTS) is 1. The molecule has 0 bridgehead atoms.